The van der Waals surface area contributed by atoms with Crippen LogP contribution in [0.15, 0.2) is 24.4 Å². The molecule has 0 saturated carbocycles. The van der Waals surface area contributed by atoms with E-state index in [1.807, 2.05) is 18.2 Å². The number of hydrogen-bond donors (Lipinski definition) is 1. The standard InChI is InChI=1S/C9H12N2O/c1-7(12)9(10)6-8-4-2-3-5-11-8/h2-5,9H,6,10H2,1H3. The first-order valence-corrected chi connectivity index (χ1v) is 3.86. The molecule has 1 atom stereocenters. The number of pyridine rings is 1. The molecule has 0 spiro atoms. The molecule has 1 heterocycles. The number of hydrogen-bond acceptors (Lipinski definition) is 3. The first-order valence-electron chi connectivity index (χ1n) is 3.86. The maximum Gasteiger partial charge on any atom is 0.146 e. The molecule has 2 N–H and O–H groups in total. The third kappa shape index (κ3) is 2.43. The molecule has 1 aromatic rings. The molecule has 0 aliphatic carbocycles. The third-order valence-electron chi connectivity index (χ3n) is 1.68. The van der Waals surface area contributed by atoms with Crippen LogP contribution in [0.3, 0.4) is 0 Å². The summed E-state index contributed by atoms with van der Waals surface area (Å²) < 4.78 is 0. The fourth-order valence-corrected chi connectivity index (χ4v) is 0.888. The van der Waals surface area contributed by atoms with Crippen LogP contribution in [0.25, 0.3) is 0 Å². The number of Topliss-reactive ketones (excluding diaryl/α,β-unsaturated/α-hetero) is 1. The van der Waals surface area contributed by atoms with Gasteiger partial charge in [0.2, 0.25) is 0 Å². The highest BCUT2D eigenvalue weighted by molar-refractivity contribution is 5.81. The highest BCUT2D eigenvalue weighted by Crippen LogP contribution is 1.97. The van der Waals surface area contributed by atoms with Crippen molar-refractivity contribution in [2.45, 2.75) is 19.4 Å². The predicted octanol–water partition coefficient (Wildman–Crippen LogP) is 0.540. The van der Waals surface area contributed by atoms with Crippen LogP contribution in [0.5, 0.6) is 0 Å². The molecule has 0 saturated heterocycles. The van der Waals surface area contributed by atoms with Crippen molar-refractivity contribution in [1.82, 2.24) is 4.98 Å². The molecular formula is C9H12N2O. The van der Waals surface area contributed by atoms with E-state index in [1.54, 1.807) is 6.20 Å². The zero-order valence-corrected chi connectivity index (χ0v) is 7.03. The topological polar surface area (TPSA) is 56.0 Å². The van der Waals surface area contributed by atoms with Crippen LogP contribution < -0.4 is 5.73 Å². The molecule has 0 aromatic carbocycles. The molecule has 0 radical (unpaired) electrons. The average Bonchev–Trinajstić information content (AvgIpc) is 2.06. The highest BCUT2D eigenvalue weighted by Gasteiger charge is 2.08. The smallest absolute Gasteiger partial charge is 0.146 e. The van der Waals surface area contributed by atoms with Crippen LogP contribution in [0.2, 0.25) is 0 Å². The van der Waals surface area contributed by atoms with E-state index in [0.29, 0.717) is 6.42 Å². The summed E-state index contributed by atoms with van der Waals surface area (Å²) in [7, 11) is 0. The maximum atomic E-state index is 10.8. The summed E-state index contributed by atoms with van der Waals surface area (Å²) in [5, 5.41) is 0. The van der Waals surface area contributed by atoms with Crippen molar-refractivity contribution >= 4 is 5.78 Å². The van der Waals surface area contributed by atoms with Gasteiger partial charge in [-0.25, -0.2) is 0 Å². The third-order valence-corrected chi connectivity index (χ3v) is 1.68. The van der Waals surface area contributed by atoms with Crippen LogP contribution in [-0.2, 0) is 11.2 Å². The van der Waals surface area contributed by atoms with E-state index in [0.717, 1.165) is 5.69 Å². The van der Waals surface area contributed by atoms with E-state index < -0.39 is 6.04 Å². The first-order chi connectivity index (χ1) is 5.70. The SMILES string of the molecule is CC(=O)C(N)Cc1ccccn1. The lowest BCUT2D eigenvalue weighted by molar-refractivity contribution is -0.118. The summed E-state index contributed by atoms with van der Waals surface area (Å²) in [4.78, 5) is 14.9. The Morgan fingerprint density at radius 1 is 1.67 bits per heavy atom. The Hall–Kier alpha value is -1.22. The maximum absolute atomic E-state index is 10.8. The molecule has 1 aromatic heterocycles. The summed E-state index contributed by atoms with van der Waals surface area (Å²) in [5.41, 5.74) is 6.42. The van der Waals surface area contributed by atoms with Gasteiger partial charge in [0.15, 0.2) is 0 Å². The molecule has 1 unspecified atom stereocenters. The van der Waals surface area contributed by atoms with E-state index in [2.05, 4.69) is 4.98 Å². The minimum Gasteiger partial charge on any atom is -0.321 e. The van der Waals surface area contributed by atoms with Gasteiger partial charge in [-0.1, -0.05) is 6.07 Å². The number of nitrogens with two attached hydrogens (primary N) is 1. The second-order valence-electron chi connectivity index (χ2n) is 2.74. The molecule has 64 valence electrons. The number of ketones is 1. The second kappa shape index (κ2) is 3.97. The zero-order chi connectivity index (χ0) is 8.97. The van der Waals surface area contributed by atoms with Crippen molar-refractivity contribution < 1.29 is 4.79 Å². The average molecular weight is 164 g/mol. The summed E-state index contributed by atoms with van der Waals surface area (Å²) >= 11 is 0. The van der Waals surface area contributed by atoms with Crippen LogP contribution >= 0.6 is 0 Å². The van der Waals surface area contributed by atoms with Gasteiger partial charge >= 0.3 is 0 Å². The number of rotatable bonds is 3. The van der Waals surface area contributed by atoms with E-state index in [9.17, 15) is 4.79 Å². The molecule has 0 aliphatic heterocycles. The molecule has 0 amide bonds. The van der Waals surface area contributed by atoms with Crippen LogP contribution in [0, 0.1) is 0 Å². The Morgan fingerprint density at radius 2 is 2.42 bits per heavy atom. The van der Waals surface area contributed by atoms with Gasteiger partial charge in [0.1, 0.15) is 5.78 Å². The minimum atomic E-state index is -0.417. The largest absolute Gasteiger partial charge is 0.321 e. The van der Waals surface area contributed by atoms with Gasteiger partial charge in [-0.2, -0.15) is 0 Å². The lowest BCUT2D eigenvalue weighted by atomic mass is 10.1. The van der Waals surface area contributed by atoms with Crippen molar-refractivity contribution in [1.29, 1.82) is 0 Å². The highest BCUT2D eigenvalue weighted by atomic mass is 16.1. The van der Waals surface area contributed by atoms with Crippen LogP contribution in [-0.4, -0.2) is 16.8 Å². The monoisotopic (exact) mass is 164 g/mol. The Morgan fingerprint density at radius 3 is 2.92 bits per heavy atom. The Balaban J connectivity index is 2.58. The fourth-order valence-electron chi connectivity index (χ4n) is 0.888. The molecule has 0 bridgehead atoms. The summed E-state index contributed by atoms with van der Waals surface area (Å²) in [6.45, 7) is 1.49. The predicted molar refractivity (Wildman–Crippen MR) is 46.6 cm³/mol. The lowest BCUT2D eigenvalue weighted by Crippen LogP contribution is -2.30. The van der Waals surface area contributed by atoms with E-state index in [-0.39, 0.29) is 5.78 Å². The Bertz CT molecular complexity index is 258. The summed E-state index contributed by atoms with van der Waals surface area (Å²) in [6.07, 6.45) is 2.22. The van der Waals surface area contributed by atoms with Crippen molar-refractivity contribution in [3.05, 3.63) is 30.1 Å². The van der Waals surface area contributed by atoms with E-state index in [1.165, 1.54) is 6.92 Å². The van der Waals surface area contributed by atoms with Crippen molar-refractivity contribution in [3.8, 4) is 0 Å². The van der Waals surface area contributed by atoms with Gasteiger partial charge in [0, 0.05) is 18.3 Å². The molecule has 3 heteroatoms. The zero-order valence-electron chi connectivity index (χ0n) is 7.03. The lowest BCUT2D eigenvalue weighted by Gasteiger charge is -2.05. The normalized spacial score (nSPS) is 12.5. The summed E-state index contributed by atoms with van der Waals surface area (Å²) in [5.74, 6) is 0.000605. The molecule has 12 heavy (non-hydrogen) atoms. The molecular weight excluding hydrogens is 152 g/mol. The van der Waals surface area contributed by atoms with Crippen LogP contribution in [0.1, 0.15) is 12.6 Å². The second-order valence-corrected chi connectivity index (χ2v) is 2.74. The molecule has 0 fully saturated rings. The van der Waals surface area contributed by atoms with Gasteiger partial charge in [0.05, 0.1) is 6.04 Å². The van der Waals surface area contributed by atoms with Gasteiger partial charge in [-0.05, 0) is 19.1 Å². The molecule has 3 nitrogen and oxygen atoms in total. The van der Waals surface area contributed by atoms with Gasteiger partial charge in [-0.3, -0.25) is 9.78 Å². The first kappa shape index (κ1) is 8.87. The Kier molecular flexibility index (Phi) is 2.94. The molecule has 0 aliphatic rings. The van der Waals surface area contributed by atoms with Crippen molar-refractivity contribution in [2.75, 3.05) is 0 Å². The van der Waals surface area contributed by atoms with E-state index in [4.69, 9.17) is 5.73 Å². The summed E-state index contributed by atoms with van der Waals surface area (Å²) in [6, 6.07) is 5.17. The number of nitrogens with zero attached hydrogens (tertiary/aromatic N) is 1. The Labute approximate surface area is 71.6 Å². The number of carbonyl (C=O) groups excluding carboxylic acids is 1. The van der Waals surface area contributed by atoms with Gasteiger partial charge in [0.25, 0.3) is 0 Å². The minimum absolute atomic E-state index is 0.000605. The van der Waals surface area contributed by atoms with Gasteiger partial charge < -0.3 is 5.73 Å². The fraction of sp³-hybridized carbons (Fsp3) is 0.333. The van der Waals surface area contributed by atoms with Crippen LogP contribution in [0.4, 0.5) is 0 Å². The van der Waals surface area contributed by atoms with Crippen molar-refractivity contribution in [2.24, 2.45) is 5.73 Å². The number of carbonyl (C=O) groups is 1. The van der Waals surface area contributed by atoms with E-state index >= 15 is 0 Å². The molecule has 1 rings (SSSR count). The van der Waals surface area contributed by atoms with Gasteiger partial charge in [-0.15, -0.1) is 0 Å². The number of aromatic nitrogens is 1. The quantitative estimate of drug-likeness (QED) is 0.709. The van der Waals surface area contributed by atoms with Crippen molar-refractivity contribution in [3.63, 3.8) is 0 Å².